The van der Waals surface area contributed by atoms with Gasteiger partial charge in [-0.1, -0.05) is 30.8 Å². The van der Waals surface area contributed by atoms with E-state index in [0.717, 1.165) is 37.1 Å². The fourth-order valence-electron chi connectivity index (χ4n) is 3.41. The molecule has 1 fully saturated rings. The molecule has 1 aromatic carbocycles. The van der Waals surface area contributed by atoms with Gasteiger partial charge in [0.15, 0.2) is 5.82 Å². The van der Waals surface area contributed by atoms with E-state index in [-0.39, 0.29) is 5.91 Å². The van der Waals surface area contributed by atoms with Gasteiger partial charge in [0, 0.05) is 19.0 Å². The number of carbonyl (C=O) groups is 1. The first-order valence-corrected chi connectivity index (χ1v) is 10.4. The van der Waals surface area contributed by atoms with Crippen molar-refractivity contribution in [2.75, 3.05) is 25.3 Å². The van der Waals surface area contributed by atoms with Crippen molar-refractivity contribution < 1.29 is 9.53 Å². The molecule has 3 rings (SSSR count). The maximum Gasteiger partial charge on any atom is 0.233 e. The third kappa shape index (κ3) is 4.74. The zero-order chi connectivity index (χ0) is 19.2. The molecule has 2 aromatic rings. The second-order valence-electron chi connectivity index (χ2n) is 6.73. The number of benzene rings is 1. The lowest BCUT2D eigenvalue weighted by Crippen LogP contribution is -2.44. The Bertz CT molecular complexity index is 762. The monoisotopic (exact) mass is 389 g/mol. The number of hydrogen-bond donors (Lipinski definition) is 1. The third-order valence-electron chi connectivity index (χ3n) is 5.00. The molecule has 0 unspecified atom stereocenters. The summed E-state index contributed by atoms with van der Waals surface area (Å²) in [5, 5.41) is 8.91. The molecular formula is C19H27N5O2S. The lowest BCUT2D eigenvalue weighted by atomic mass is 10.0. The lowest BCUT2D eigenvalue weighted by molar-refractivity contribution is -0.132. The number of amides is 1. The SMILES string of the molecule is CC[C@@H]1CCCCN1C(=O)CSc1nnc(Cc2ccc(OC)cc2)n1N. The molecule has 1 amide bonds. The second-order valence-corrected chi connectivity index (χ2v) is 7.67. The Hall–Kier alpha value is -2.22. The fourth-order valence-corrected chi connectivity index (χ4v) is 4.18. The number of nitrogens with two attached hydrogens (primary N) is 1. The molecule has 8 heteroatoms. The van der Waals surface area contributed by atoms with Gasteiger partial charge >= 0.3 is 0 Å². The van der Waals surface area contributed by atoms with Gasteiger partial charge in [-0.2, -0.15) is 0 Å². The fraction of sp³-hybridized carbons (Fsp3) is 0.526. The van der Waals surface area contributed by atoms with Gasteiger partial charge in [0.1, 0.15) is 5.75 Å². The van der Waals surface area contributed by atoms with Gasteiger partial charge in [0.2, 0.25) is 11.1 Å². The number of nitrogens with zero attached hydrogens (tertiary/aromatic N) is 4. The molecule has 7 nitrogen and oxygen atoms in total. The smallest absolute Gasteiger partial charge is 0.233 e. The van der Waals surface area contributed by atoms with Crippen LogP contribution in [0.4, 0.5) is 0 Å². The Labute approximate surface area is 164 Å². The van der Waals surface area contributed by atoms with E-state index in [0.29, 0.717) is 29.2 Å². The maximum absolute atomic E-state index is 12.6. The second kappa shape index (κ2) is 9.12. The minimum absolute atomic E-state index is 0.159. The van der Waals surface area contributed by atoms with E-state index in [2.05, 4.69) is 17.1 Å². The molecule has 27 heavy (non-hydrogen) atoms. The number of aromatic nitrogens is 3. The minimum atomic E-state index is 0.159. The molecule has 1 aromatic heterocycles. The van der Waals surface area contributed by atoms with Crippen molar-refractivity contribution in [3.05, 3.63) is 35.7 Å². The Morgan fingerprint density at radius 2 is 2.07 bits per heavy atom. The molecule has 0 bridgehead atoms. The van der Waals surface area contributed by atoms with Crippen LogP contribution in [0.2, 0.25) is 0 Å². The normalized spacial score (nSPS) is 17.1. The van der Waals surface area contributed by atoms with Gasteiger partial charge in [0.05, 0.1) is 12.9 Å². The number of ether oxygens (including phenoxy) is 1. The van der Waals surface area contributed by atoms with Crippen LogP contribution in [0, 0.1) is 0 Å². The van der Waals surface area contributed by atoms with E-state index in [1.54, 1.807) is 7.11 Å². The molecule has 0 aliphatic carbocycles. The van der Waals surface area contributed by atoms with Gasteiger partial charge in [-0.15, -0.1) is 10.2 Å². The predicted octanol–water partition coefficient (Wildman–Crippen LogP) is 2.47. The first-order chi connectivity index (χ1) is 13.1. The molecular weight excluding hydrogens is 362 g/mol. The highest BCUT2D eigenvalue weighted by molar-refractivity contribution is 7.99. The van der Waals surface area contributed by atoms with Crippen LogP contribution < -0.4 is 10.6 Å². The highest BCUT2D eigenvalue weighted by Gasteiger charge is 2.25. The van der Waals surface area contributed by atoms with E-state index >= 15 is 0 Å². The molecule has 0 radical (unpaired) electrons. The number of rotatable bonds is 7. The van der Waals surface area contributed by atoms with Crippen molar-refractivity contribution in [3.63, 3.8) is 0 Å². The van der Waals surface area contributed by atoms with E-state index in [4.69, 9.17) is 10.6 Å². The van der Waals surface area contributed by atoms with Gasteiger partial charge < -0.3 is 15.5 Å². The summed E-state index contributed by atoms with van der Waals surface area (Å²) in [6, 6.07) is 8.14. The highest BCUT2D eigenvalue weighted by Crippen LogP contribution is 2.23. The molecule has 1 aliphatic heterocycles. The van der Waals surface area contributed by atoms with E-state index in [1.807, 2.05) is 29.2 Å². The van der Waals surface area contributed by atoms with Crippen LogP contribution in [0.3, 0.4) is 0 Å². The van der Waals surface area contributed by atoms with Crippen LogP contribution in [0.15, 0.2) is 29.4 Å². The first kappa shape index (κ1) is 19.5. The van der Waals surface area contributed by atoms with Crippen molar-refractivity contribution >= 4 is 17.7 Å². The van der Waals surface area contributed by atoms with Crippen molar-refractivity contribution in [2.45, 2.75) is 50.2 Å². The Morgan fingerprint density at radius 1 is 1.30 bits per heavy atom. The molecule has 2 N–H and O–H groups in total. The number of carbonyl (C=O) groups excluding carboxylic acids is 1. The van der Waals surface area contributed by atoms with Crippen LogP contribution >= 0.6 is 11.8 Å². The lowest BCUT2D eigenvalue weighted by Gasteiger charge is -2.35. The zero-order valence-electron chi connectivity index (χ0n) is 15.9. The molecule has 1 aliphatic rings. The van der Waals surface area contributed by atoms with Gasteiger partial charge in [0.25, 0.3) is 0 Å². The zero-order valence-corrected chi connectivity index (χ0v) is 16.7. The molecule has 0 saturated carbocycles. The number of hydrogen-bond acceptors (Lipinski definition) is 6. The minimum Gasteiger partial charge on any atom is -0.497 e. The average molecular weight is 390 g/mol. The summed E-state index contributed by atoms with van der Waals surface area (Å²) in [6.07, 6.45) is 4.99. The standard InChI is InChI=1S/C19H27N5O2S/c1-3-15-6-4-5-11-23(15)18(25)13-27-19-22-21-17(24(19)20)12-14-7-9-16(26-2)10-8-14/h7-10,15H,3-6,11-13,20H2,1-2H3/t15-/m1/s1. The summed E-state index contributed by atoms with van der Waals surface area (Å²) in [6.45, 7) is 3.00. The summed E-state index contributed by atoms with van der Waals surface area (Å²) in [4.78, 5) is 14.6. The Balaban J connectivity index is 1.59. The number of likely N-dealkylation sites (tertiary alicyclic amines) is 1. The van der Waals surface area contributed by atoms with Gasteiger partial charge in [-0.05, 0) is 43.4 Å². The maximum atomic E-state index is 12.6. The Kier molecular flexibility index (Phi) is 6.60. The summed E-state index contributed by atoms with van der Waals surface area (Å²) in [5.74, 6) is 8.12. The van der Waals surface area contributed by atoms with Gasteiger partial charge in [-0.25, -0.2) is 4.68 Å². The number of thioether (sulfide) groups is 1. The molecule has 1 atom stereocenters. The van der Waals surface area contributed by atoms with Crippen molar-refractivity contribution in [1.29, 1.82) is 0 Å². The molecule has 2 heterocycles. The highest BCUT2D eigenvalue weighted by atomic mass is 32.2. The predicted molar refractivity (Wildman–Crippen MR) is 106 cm³/mol. The van der Waals surface area contributed by atoms with E-state index in [1.165, 1.54) is 22.9 Å². The van der Waals surface area contributed by atoms with E-state index < -0.39 is 0 Å². The number of nitrogen functional groups attached to an aromatic ring is 1. The van der Waals surface area contributed by atoms with Crippen molar-refractivity contribution in [2.24, 2.45) is 0 Å². The third-order valence-corrected chi connectivity index (χ3v) is 5.93. The summed E-state index contributed by atoms with van der Waals surface area (Å²) < 4.78 is 6.65. The average Bonchev–Trinajstić information content (AvgIpc) is 3.06. The van der Waals surface area contributed by atoms with Crippen LogP contribution in [0.5, 0.6) is 5.75 Å². The topological polar surface area (TPSA) is 86.3 Å². The summed E-state index contributed by atoms with van der Waals surface area (Å²) >= 11 is 1.35. The quantitative estimate of drug-likeness (QED) is 0.578. The van der Waals surface area contributed by atoms with E-state index in [9.17, 15) is 4.79 Å². The molecule has 0 spiro atoms. The van der Waals surface area contributed by atoms with Gasteiger partial charge in [-0.3, -0.25) is 4.79 Å². The molecule has 1 saturated heterocycles. The largest absolute Gasteiger partial charge is 0.497 e. The van der Waals surface area contributed by atoms with Crippen LogP contribution in [0.1, 0.15) is 44.0 Å². The van der Waals surface area contributed by atoms with Crippen LogP contribution in [0.25, 0.3) is 0 Å². The van der Waals surface area contributed by atoms with Crippen LogP contribution in [-0.4, -0.2) is 51.1 Å². The first-order valence-electron chi connectivity index (χ1n) is 9.37. The Morgan fingerprint density at radius 3 is 2.78 bits per heavy atom. The molecule has 146 valence electrons. The van der Waals surface area contributed by atoms with Crippen LogP contribution in [-0.2, 0) is 11.2 Å². The van der Waals surface area contributed by atoms with Crippen molar-refractivity contribution in [3.8, 4) is 5.75 Å². The number of piperidine rings is 1. The number of methoxy groups -OCH3 is 1. The van der Waals surface area contributed by atoms with Crippen molar-refractivity contribution in [1.82, 2.24) is 19.8 Å². The summed E-state index contributed by atoms with van der Waals surface area (Å²) in [7, 11) is 1.64. The summed E-state index contributed by atoms with van der Waals surface area (Å²) in [5.41, 5.74) is 1.07.